The summed E-state index contributed by atoms with van der Waals surface area (Å²) in [5.74, 6) is 0.946. The molecule has 0 aromatic heterocycles. The van der Waals surface area contributed by atoms with E-state index in [0.29, 0.717) is 13.2 Å². The summed E-state index contributed by atoms with van der Waals surface area (Å²) in [4.78, 5) is 14.0. The molecule has 0 heterocycles. The predicted molar refractivity (Wildman–Crippen MR) is 86.5 cm³/mol. The van der Waals surface area contributed by atoms with Gasteiger partial charge < -0.3 is 10.1 Å². The van der Waals surface area contributed by atoms with Crippen molar-refractivity contribution in [2.75, 3.05) is 20.2 Å². The molecule has 1 amide bonds. The van der Waals surface area contributed by atoms with Gasteiger partial charge in [0.1, 0.15) is 5.75 Å². The van der Waals surface area contributed by atoms with Gasteiger partial charge in [0, 0.05) is 12.1 Å². The minimum Gasteiger partial charge on any atom is -0.494 e. The molecule has 0 aliphatic carbocycles. The Morgan fingerprint density at radius 1 is 1.24 bits per heavy atom. The number of ether oxygens (including phenoxy) is 1. The van der Waals surface area contributed by atoms with Crippen LogP contribution in [0.1, 0.15) is 39.7 Å². The zero-order chi connectivity index (χ0) is 15.9. The van der Waals surface area contributed by atoms with Crippen molar-refractivity contribution in [1.29, 1.82) is 0 Å². The highest BCUT2D eigenvalue weighted by Crippen LogP contribution is 2.13. The van der Waals surface area contributed by atoms with E-state index >= 15 is 0 Å². The molecule has 0 aliphatic rings. The molecule has 0 bridgehead atoms. The van der Waals surface area contributed by atoms with Crippen LogP contribution in [0.2, 0.25) is 0 Å². The minimum absolute atomic E-state index is 0.0651. The number of amides is 1. The summed E-state index contributed by atoms with van der Waals surface area (Å²) in [6, 6.07) is 8.00. The van der Waals surface area contributed by atoms with Crippen LogP contribution in [0.3, 0.4) is 0 Å². The highest BCUT2D eigenvalue weighted by Gasteiger charge is 2.18. The van der Waals surface area contributed by atoms with Crippen LogP contribution in [0, 0.1) is 0 Å². The van der Waals surface area contributed by atoms with Crippen LogP contribution in [0.15, 0.2) is 24.3 Å². The highest BCUT2D eigenvalue weighted by molar-refractivity contribution is 5.78. The molecule has 4 heteroatoms. The van der Waals surface area contributed by atoms with Crippen LogP contribution in [0.4, 0.5) is 0 Å². The normalized spacial score (nSPS) is 11.5. The smallest absolute Gasteiger partial charge is 0.234 e. The lowest BCUT2D eigenvalue weighted by Crippen LogP contribution is -2.46. The van der Waals surface area contributed by atoms with E-state index in [1.54, 1.807) is 0 Å². The summed E-state index contributed by atoms with van der Waals surface area (Å²) in [7, 11) is 1.95. The summed E-state index contributed by atoms with van der Waals surface area (Å²) in [6.07, 6.45) is 0.918. The molecule has 0 atom stereocenters. The first-order valence-electron chi connectivity index (χ1n) is 7.57. The van der Waals surface area contributed by atoms with E-state index in [9.17, 15) is 4.79 Å². The third kappa shape index (κ3) is 6.63. The second kappa shape index (κ2) is 8.03. The second-order valence-corrected chi connectivity index (χ2v) is 6.03. The van der Waals surface area contributed by atoms with Crippen molar-refractivity contribution in [3.63, 3.8) is 0 Å². The van der Waals surface area contributed by atoms with Crippen molar-refractivity contribution in [3.05, 3.63) is 29.8 Å². The van der Waals surface area contributed by atoms with Gasteiger partial charge in [0.15, 0.2) is 0 Å². The molecule has 0 saturated carbocycles. The van der Waals surface area contributed by atoms with Gasteiger partial charge in [-0.2, -0.15) is 0 Å². The maximum absolute atomic E-state index is 12.0. The van der Waals surface area contributed by atoms with Crippen molar-refractivity contribution >= 4 is 5.91 Å². The SMILES string of the molecule is CCOc1ccc(CN(C)CC(=O)NC(C)(C)CC)cc1. The number of nitrogens with one attached hydrogen (secondary N) is 1. The van der Waals surface area contributed by atoms with E-state index in [0.717, 1.165) is 18.7 Å². The summed E-state index contributed by atoms with van der Waals surface area (Å²) in [5, 5.41) is 3.05. The predicted octanol–water partition coefficient (Wildman–Crippen LogP) is 2.82. The molecule has 1 N–H and O–H groups in total. The molecule has 0 fully saturated rings. The molecule has 0 spiro atoms. The van der Waals surface area contributed by atoms with Gasteiger partial charge in [-0.1, -0.05) is 19.1 Å². The van der Waals surface area contributed by atoms with Gasteiger partial charge in [0.2, 0.25) is 5.91 Å². The molecule has 1 rings (SSSR count). The lowest BCUT2D eigenvalue weighted by atomic mass is 10.0. The average molecular weight is 292 g/mol. The molecule has 1 aromatic rings. The first-order chi connectivity index (χ1) is 9.86. The van der Waals surface area contributed by atoms with Crippen LogP contribution in [0.5, 0.6) is 5.75 Å². The van der Waals surface area contributed by atoms with Gasteiger partial charge in [-0.3, -0.25) is 9.69 Å². The van der Waals surface area contributed by atoms with Crippen molar-refractivity contribution in [3.8, 4) is 5.75 Å². The molecule has 4 nitrogen and oxygen atoms in total. The molecule has 0 saturated heterocycles. The van der Waals surface area contributed by atoms with Crippen LogP contribution in [0.25, 0.3) is 0 Å². The molecular formula is C17H28N2O2. The van der Waals surface area contributed by atoms with E-state index in [1.165, 1.54) is 5.56 Å². The number of rotatable bonds is 8. The Hall–Kier alpha value is -1.55. The fourth-order valence-electron chi connectivity index (χ4n) is 1.98. The molecule has 21 heavy (non-hydrogen) atoms. The maximum atomic E-state index is 12.0. The molecule has 118 valence electrons. The van der Waals surface area contributed by atoms with Crippen LogP contribution < -0.4 is 10.1 Å². The number of carbonyl (C=O) groups excluding carboxylic acids is 1. The maximum Gasteiger partial charge on any atom is 0.234 e. The topological polar surface area (TPSA) is 41.6 Å². The van der Waals surface area contributed by atoms with E-state index in [1.807, 2.05) is 57.0 Å². The molecular weight excluding hydrogens is 264 g/mol. The van der Waals surface area contributed by atoms with E-state index < -0.39 is 0 Å². The molecule has 0 unspecified atom stereocenters. The molecule has 0 aliphatic heterocycles. The summed E-state index contributed by atoms with van der Waals surface area (Å²) in [6.45, 7) is 9.94. The number of carbonyl (C=O) groups is 1. The minimum atomic E-state index is -0.142. The lowest BCUT2D eigenvalue weighted by molar-refractivity contribution is -0.123. The van der Waals surface area contributed by atoms with E-state index in [-0.39, 0.29) is 11.4 Å². The zero-order valence-electron chi connectivity index (χ0n) is 13.9. The number of hydrogen-bond acceptors (Lipinski definition) is 3. The Balaban J connectivity index is 2.46. The Morgan fingerprint density at radius 2 is 1.86 bits per heavy atom. The highest BCUT2D eigenvalue weighted by atomic mass is 16.5. The Bertz CT molecular complexity index is 441. The van der Waals surface area contributed by atoms with Crippen LogP contribution >= 0.6 is 0 Å². The van der Waals surface area contributed by atoms with Gasteiger partial charge in [-0.25, -0.2) is 0 Å². The van der Waals surface area contributed by atoms with Crippen molar-refractivity contribution in [2.24, 2.45) is 0 Å². The summed E-state index contributed by atoms with van der Waals surface area (Å²) >= 11 is 0. The van der Waals surface area contributed by atoms with Crippen molar-refractivity contribution < 1.29 is 9.53 Å². The molecule has 1 aromatic carbocycles. The fourth-order valence-corrected chi connectivity index (χ4v) is 1.98. The molecule has 0 radical (unpaired) electrons. The number of likely N-dealkylation sites (N-methyl/N-ethyl adjacent to an activating group) is 1. The summed E-state index contributed by atoms with van der Waals surface area (Å²) < 4.78 is 5.42. The van der Waals surface area contributed by atoms with Gasteiger partial charge >= 0.3 is 0 Å². The second-order valence-electron chi connectivity index (χ2n) is 6.03. The van der Waals surface area contributed by atoms with Gasteiger partial charge in [0.05, 0.1) is 13.2 Å². The average Bonchev–Trinajstić information content (AvgIpc) is 2.40. The number of benzene rings is 1. The lowest BCUT2D eigenvalue weighted by Gasteiger charge is -2.26. The standard InChI is InChI=1S/C17H28N2O2/c1-6-17(3,4)18-16(20)13-19(5)12-14-8-10-15(11-9-14)21-7-2/h8-11H,6-7,12-13H2,1-5H3,(H,18,20). The fraction of sp³-hybridized carbons (Fsp3) is 0.588. The van der Waals surface area contributed by atoms with Crippen LogP contribution in [-0.2, 0) is 11.3 Å². The Kier molecular flexibility index (Phi) is 6.69. The Labute approximate surface area is 128 Å². The monoisotopic (exact) mass is 292 g/mol. The van der Waals surface area contributed by atoms with E-state index in [4.69, 9.17) is 4.74 Å². The van der Waals surface area contributed by atoms with Crippen LogP contribution in [-0.4, -0.2) is 36.5 Å². The number of hydrogen-bond donors (Lipinski definition) is 1. The largest absolute Gasteiger partial charge is 0.494 e. The first-order valence-corrected chi connectivity index (χ1v) is 7.57. The first kappa shape index (κ1) is 17.5. The Morgan fingerprint density at radius 3 is 2.38 bits per heavy atom. The number of nitrogens with zero attached hydrogens (tertiary/aromatic N) is 1. The van der Waals surface area contributed by atoms with Gasteiger partial charge in [0.25, 0.3) is 0 Å². The van der Waals surface area contributed by atoms with Gasteiger partial charge in [-0.05, 0) is 51.9 Å². The zero-order valence-corrected chi connectivity index (χ0v) is 13.9. The van der Waals surface area contributed by atoms with E-state index in [2.05, 4.69) is 12.2 Å². The van der Waals surface area contributed by atoms with Gasteiger partial charge in [-0.15, -0.1) is 0 Å². The van der Waals surface area contributed by atoms with Crippen molar-refractivity contribution in [1.82, 2.24) is 10.2 Å². The summed E-state index contributed by atoms with van der Waals surface area (Å²) in [5.41, 5.74) is 1.03. The quantitative estimate of drug-likeness (QED) is 0.801. The van der Waals surface area contributed by atoms with Crippen molar-refractivity contribution in [2.45, 2.75) is 46.2 Å². The third-order valence-electron chi connectivity index (χ3n) is 3.46. The third-order valence-corrected chi connectivity index (χ3v) is 3.46.